The number of benzene rings is 2. The first-order valence-electron chi connectivity index (χ1n) is 12.1. The summed E-state index contributed by atoms with van der Waals surface area (Å²) in [6.07, 6.45) is 3.80. The van der Waals surface area contributed by atoms with E-state index < -0.39 is 0 Å². The Labute approximate surface area is 201 Å². The lowest BCUT2D eigenvalue weighted by Gasteiger charge is -2.30. The Balaban J connectivity index is 1.57. The van der Waals surface area contributed by atoms with E-state index in [1.165, 1.54) is 22.3 Å². The minimum atomic E-state index is -0.198. The zero-order valence-corrected chi connectivity index (χ0v) is 21.5. The molecule has 34 heavy (non-hydrogen) atoms. The Morgan fingerprint density at radius 3 is 1.38 bits per heavy atom. The summed E-state index contributed by atoms with van der Waals surface area (Å²) in [4.78, 5) is 30.9. The van der Waals surface area contributed by atoms with Gasteiger partial charge in [0.1, 0.15) is 0 Å². The van der Waals surface area contributed by atoms with E-state index in [4.69, 9.17) is 0 Å². The van der Waals surface area contributed by atoms with E-state index in [-0.39, 0.29) is 33.8 Å². The zero-order valence-electron chi connectivity index (χ0n) is 21.5. The summed E-state index contributed by atoms with van der Waals surface area (Å²) >= 11 is 0. The maximum atomic E-state index is 13.2. The second-order valence-corrected chi connectivity index (χ2v) is 11.4. The standard InChI is InChI=1S/C30H34N2O2/c1-17-9-11-23-21(13-17)29(3,4)25(31(23)7)15-19-27(33)20(28(19)34)16-26-30(5,6)22-14-18(2)10-12-24(22)32(26)8/h9-16,25-26H,1-8H3. The van der Waals surface area contributed by atoms with Crippen LogP contribution in [-0.2, 0) is 10.8 Å². The van der Waals surface area contributed by atoms with E-state index >= 15 is 0 Å². The van der Waals surface area contributed by atoms with Crippen LogP contribution in [0.2, 0.25) is 0 Å². The van der Waals surface area contributed by atoms with Crippen LogP contribution in [0.3, 0.4) is 0 Å². The lowest BCUT2D eigenvalue weighted by atomic mass is 9.79. The first kappa shape index (κ1) is 22.6. The molecule has 3 aromatic carbocycles. The zero-order chi connectivity index (χ0) is 24.7. The molecular formula is C30H34N2O2. The van der Waals surface area contributed by atoms with Gasteiger partial charge in [-0.05, 0) is 49.3 Å². The van der Waals surface area contributed by atoms with E-state index in [2.05, 4.69) is 87.7 Å². The third-order valence-corrected chi connectivity index (χ3v) is 8.39. The van der Waals surface area contributed by atoms with E-state index in [0.29, 0.717) is 10.4 Å². The van der Waals surface area contributed by atoms with Crippen LogP contribution in [0, 0.1) is 13.8 Å². The highest BCUT2D eigenvalue weighted by molar-refractivity contribution is 5.70. The third-order valence-electron chi connectivity index (χ3n) is 8.39. The maximum Gasteiger partial charge on any atom is 0.200 e. The van der Waals surface area contributed by atoms with Crippen LogP contribution in [0.25, 0.3) is 12.2 Å². The van der Waals surface area contributed by atoms with Crippen molar-refractivity contribution in [2.24, 2.45) is 0 Å². The van der Waals surface area contributed by atoms with E-state index in [0.717, 1.165) is 11.4 Å². The van der Waals surface area contributed by atoms with Gasteiger partial charge >= 0.3 is 0 Å². The molecule has 0 aliphatic carbocycles. The van der Waals surface area contributed by atoms with Gasteiger partial charge in [0.15, 0.2) is 10.9 Å². The Morgan fingerprint density at radius 2 is 1.03 bits per heavy atom. The van der Waals surface area contributed by atoms with E-state index in [1.54, 1.807) is 0 Å². The summed E-state index contributed by atoms with van der Waals surface area (Å²) < 4.78 is 0. The van der Waals surface area contributed by atoms with Gasteiger partial charge < -0.3 is 9.80 Å². The molecule has 3 aromatic rings. The average molecular weight is 455 g/mol. The van der Waals surface area contributed by atoms with Crippen molar-refractivity contribution in [3.63, 3.8) is 0 Å². The second kappa shape index (κ2) is 7.18. The first-order valence-corrected chi connectivity index (χ1v) is 12.1. The van der Waals surface area contributed by atoms with Crippen molar-refractivity contribution in [2.45, 2.75) is 64.5 Å². The van der Waals surface area contributed by atoms with E-state index in [9.17, 15) is 9.59 Å². The van der Waals surface area contributed by atoms with Gasteiger partial charge in [0.25, 0.3) is 0 Å². The SMILES string of the molecule is Cc1ccc2c(c1)C(C)(C)C(C=c1c(=O)c(=CC3N(C)c4ccc(C)cc4C3(C)C)c1=O)N2C. The fourth-order valence-electron chi connectivity index (χ4n) is 6.23. The summed E-state index contributed by atoms with van der Waals surface area (Å²) in [6.45, 7) is 13.0. The molecule has 0 aromatic heterocycles. The number of rotatable bonds is 2. The molecule has 0 fully saturated rings. The molecule has 2 unspecified atom stereocenters. The summed E-state index contributed by atoms with van der Waals surface area (Å²) in [5.74, 6) is 0. The number of hydrogen-bond donors (Lipinski definition) is 0. The van der Waals surface area contributed by atoms with Crippen molar-refractivity contribution in [2.75, 3.05) is 23.9 Å². The molecular weight excluding hydrogens is 420 g/mol. The van der Waals surface area contributed by atoms with Crippen LogP contribution in [0.15, 0.2) is 46.0 Å². The monoisotopic (exact) mass is 454 g/mol. The molecule has 0 saturated heterocycles. The molecule has 2 aliphatic heterocycles. The molecule has 5 rings (SSSR count). The Hall–Kier alpha value is -3.14. The number of nitrogens with zero attached hydrogens (tertiary/aromatic N) is 2. The van der Waals surface area contributed by atoms with Crippen molar-refractivity contribution in [1.29, 1.82) is 0 Å². The van der Waals surface area contributed by atoms with Gasteiger partial charge in [-0.15, -0.1) is 0 Å². The van der Waals surface area contributed by atoms with E-state index in [1.807, 2.05) is 26.2 Å². The lowest BCUT2D eigenvalue weighted by molar-refractivity contribution is 0.502. The molecule has 0 amide bonds. The summed E-state index contributed by atoms with van der Waals surface area (Å²) in [7, 11) is 4.09. The van der Waals surface area contributed by atoms with Gasteiger partial charge in [0.2, 0.25) is 0 Å². The topological polar surface area (TPSA) is 40.6 Å². The fraction of sp³-hybridized carbons (Fsp3) is 0.400. The van der Waals surface area contributed by atoms with Crippen LogP contribution in [-0.4, -0.2) is 26.2 Å². The van der Waals surface area contributed by atoms with Gasteiger partial charge in [0, 0.05) is 36.3 Å². The molecule has 0 N–H and O–H groups in total. The molecule has 0 bridgehead atoms. The number of hydrogen-bond acceptors (Lipinski definition) is 4. The van der Waals surface area contributed by atoms with Gasteiger partial charge in [-0.1, -0.05) is 63.1 Å². The first-order chi connectivity index (χ1) is 15.9. The maximum absolute atomic E-state index is 13.2. The van der Waals surface area contributed by atoms with Crippen molar-refractivity contribution < 1.29 is 0 Å². The molecule has 0 saturated carbocycles. The second-order valence-electron chi connectivity index (χ2n) is 11.4. The van der Waals surface area contributed by atoms with Crippen LogP contribution in [0.1, 0.15) is 49.9 Å². The number of likely N-dealkylation sites (N-methyl/N-ethyl adjacent to an activating group) is 2. The predicted octanol–water partition coefficient (Wildman–Crippen LogP) is 3.05. The Kier molecular flexibility index (Phi) is 4.78. The fourth-order valence-corrected chi connectivity index (χ4v) is 6.23. The molecule has 2 aliphatic rings. The Bertz CT molecular complexity index is 1380. The minimum absolute atomic E-state index is 0.0495. The lowest BCUT2D eigenvalue weighted by Crippen LogP contribution is -2.66. The normalized spacial score (nSPS) is 22.1. The van der Waals surface area contributed by atoms with Gasteiger partial charge in [-0.2, -0.15) is 0 Å². The van der Waals surface area contributed by atoms with Crippen molar-refractivity contribution in [3.05, 3.63) is 89.5 Å². The Morgan fingerprint density at radius 1 is 0.676 bits per heavy atom. The number of aryl methyl sites for hydroxylation is 2. The molecule has 4 heteroatoms. The van der Waals surface area contributed by atoms with Crippen LogP contribution >= 0.6 is 0 Å². The molecule has 0 radical (unpaired) electrons. The molecule has 4 nitrogen and oxygen atoms in total. The number of anilines is 2. The van der Waals surface area contributed by atoms with Crippen molar-refractivity contribution in [1.82, 2.24) is 0 Å². The molecule has 0 spiro atoms. The number of fused-ring (bicyclic) bond motifs is 2. The summed E-state index contributed by atoms with van der Waals surface area (Å²) in [6, 6.07) is 12.8. The highest BCUT2D eigenvalue weighted by Crippen LogP contribution is 2.46. The van der Waals surface area contributed by atoms with Crippen LogP contribution in [0.4, 0.5) is 11.4 Å². The van der Waals surface area contributed by atoms with Crippen molar-refractivity contribution >= 4 is 23.5 Å². The van der Waals surface area contributed by atoms with Crippen LogP contribution < -0.4 is 31.1 Å². The summed E-state index contributed by atoms with van der Waals surface area (Å²) in [5, 5.41) is 0.653. The summed E-state index contributed by atoms with van der Waals surface area (Å²) in [5.41, 5.74) is 6.62. The quantitative estimate of drug-likeness (QED) is 0.597. The smallest absolute Gasteiger partial charge is 0.200 e. The highest BCUT2D eigenvalue weighted by Gasteiger charge is 2.43. The average Bonchev–Trinajstić information content (AvgIpc) is 3.07. The van der Waals surface area contributed by atoms with Crippen LogP contribution in [0.5, 0.6) is 0 Å². The predicted molar refractivity (Wildman–Crippen MR) is 142 cm³/mol. The third kappa shape index (κ3) is 2.97. The minimum Gasteiger partial charge on any atom is -0.367 e. The van der Waals surface area contributed by atoms with Gasteiger partial charge in [-0.3, -0.25) is 9.59 Å². The van der Waals surface area contributed by atoms with Gasteiger partial charge in [-0.25, -0.2) is 0 Å². The molecule has 2 atom stereocenters. The largest absolute Gasteiger partial charge is 0.367 e. The van der Waals surface area contributed by atoms with Crippen molar-refractivity contribution in [3.8, 4) is 0 Å². The highest BCUT2D eigenvalue weighted by atomic mass is 16.1. The van der Waals surface area contributed by atoms with Gasteiger partial charge in [0.05, 0.1) is 22.5 Å². The molecule has 176 valence electrons. The molecule has 2 heterocycles.